The predicted octanol–water partition coefficient (Wildman–Crippen LogP) is 4.42. The summed E-state index contributed by atoms with van der Waals surface area (Å²) in [6.07, 6.45) is -0.499. The van der Waals surface area contributed by atoms with Crippen molar-refractivity contribution in [2.75, 3.05) is 0 Å². The average molecular weight is 295 g/mol. The smallest absolute Gasteiger partial charge is 0.302 e. The van der Waals surface area contributed by atoms with Gasteiger partial charge in [0.2, 0.25) is 0 Å². The van der Waals surface area contributed by atoms with Gasteiger partial charge in [0, 0.05) is 12.3 Å². The highest BCUT2D eigenvalue weighted by atomic mass is 16.5. The highest BCUT2D eigenvalue weighted by molar-refractivity contribution is 5.86. The lowest BCUT2D eigenvalue weighted by Gasteiger charge is -2.33. The number of hydrogen-bond donors (Lipinski definition) is 0. The zero-order chi connectivity index (χ0) is 16.3. The number of esters is 1. The van der Waals surface area contributed by atoms with Gasteiger partial charge in [0.1, 0.15) is 12.0 Å². The minimum atomic E-state index is -0.505. The Balaban J connectivity index is 2.58. The molecule has 0 bridgehead atoms. The van der Waals surface area contributed by atoms with E-state index in [0.29, 0.717) is 0 Å². The van der Waals surface area contributed by atoms with Gasteiger partial charge in [-0.1, -0.05) is 63.2 Å². The van der Waals surface area contributed by atoms with Crippen LogP contribution >= 0.6 is 0 Å². The van der Waals surface area contributed by atoms with Crippen molar-refractivity contribution in [2.45, 2.75) is 39.7 Å². The molecule has 0 saturated carbocycles. The zero-order valence-corrected chi connectivity index (χ0v) is 13.5. The minimum Gasteiger partial charge on any atom is -0.460 e. The van der Waals surface area contributed by atoms with Gasteiger partial charge in [-0.25, -0.2) is 0 Å². The number of carbonyl (C=O) groups is 1. The molecule has 22 heavy (non-hydrogen) atoms. The van der Waals surface area contributed by atoms with E-state index in [0.717, 1.165) is 16.3 Å². The molecule has 3 heteroatoms. The van der Waals surface area contributed by atoms with Crippen molar-refractivity contribution in [3.63, 3.8) is 0 Å². The van der Waals surface area contributed by atoms with E-state index in [9.17, 15) is 10.1 Å². The number of fused-ring (bicyclic) bond motifs is 1. The van der Waals surface area contributed by atoms with Crippen LogP contribution in [0.5, 0.6) is 0 Å². The van der Waals surface area contributed by atoms with Gasteiger partial charge in [-0.05, 0) is 16.3 Å². The molecule has 0 heterocycles. The van der Waals surface area contributed by atoms with E-state index in [-0.39, 0.29) is 11.4 Å². The Kier molecular flexibility index (Phi) is 4.51. The summed E-state index contributed by atoms with van der Waals surface area (Å²) in [7, 11) is 0. The van der Waals surface area contributed by atoms with E-state index in [1.807, 2.05) is 63.2 Å². The van der Waals surface area contributed by atoms with E-state index in [2.05, 4.69) is 6.07 Å². The second kappa shape index (κ2) is 6.19. The van der Waals surface area contributed by atoms with Crippen molar-refractivity contribution in [3.8, 4) is 6.07 Å². The molecule has 0 spiro atoms. The van der Waals surface area contributed by atoms with Gasteiger partial charge in [-0.2, -0.15) is 5.26 Å². The molecule has 3 nitrogen and oxygen atoms in total. The quantitative estimate of drug-likeness (QED) is 0.787. The third-order valence-corrected chi connectivity index (χ3v) is 3.75. The Labute approximate surface area is 131 Å². The number of ether oxygens (including phenoxy) is 1. The number of rotatable bonds is 3. The SMILES string of the molecule is CC(=O)O[C@@H]([C@H](C#N)c1cccc2ccccc12)C(C)(C)C. The van der Waals surface area contributed by atoms with Gasteiger partial charge in [-0.3, -0.25) is 4.79 Å². The van der Waals surface area contributed by atoms with Crippen LogP contribution in [0.25, 0.3) is 10.8 Å². The van der Waals surface area contributed by atoms with Crippen LogP contribution in [0.15, 0.2) is 42.5 Å². The Morgan fingerprint density at radius 2 is 1.77 bits per heavy atom. The van der Waals surface area contributed by atoms with Gasteiger partial charge >= 0.3 is 5.97 Å². The van der Waals surface area contributed by atoms with Crippen molar-refractivity contribution in [2.24, 2.45) is 5.41 Å². The first kappa shape index (κ1) is 16.0. The van der Waals surface area contributed by atoms with E-state index in [1.54, 1.807) is 0 Å². The molecule has 2 aromatic rings. The largest absolute Gasteiger partial charge is 0.460 e. The van der Waals surface area contributed by atoms with Crippen molar-refractivity contribution < 1.29 is 9.53 Å². The molecular weight excluding hydrogens is 274 g/mol. The third kappa shape index (κ3) is 3.28. The highest BCUT2D eigenvalue weighted by Crippen LogP contribution is 2.37. The lowest BCUT2D eigenvalue weighted by molar-refractivity contribution is -0.152. The van der Waals surface area contributed by atoms with E-state index < -0.39 is 12.0 Å². The Morgan fingerprint density at radius 1 is 1.14 bits per heavy atom. The lowest BCUT2D eigenvalue weighted by atomic mass is 9.77. The van der Waals surface area contributed by atoms with Crippen LogP contribution in [-0.4, -0.2) is 12.1 Å². The average Bonchev–Trinajstić information content (AvgIpc) is 2.46. The summed E-state index contributed by atoms with van der Waals surface area (Å²) >= 11 is 0. The van der Waals surface area contributed by atoms with Crippen molar-refractivity contribution in [1.82, 2.24) is 0 Å². The first-order chi connectivity index (χ1) is 10.3. The summed E-state index contributed by atoms with van der Waals surface area (Å²) < 4.78 is 5.51. The number of nitriles is 1. The molecule has 0 N–H and O–H groups in total. The summed E-state index contributed by atoms with van der Waals surface area (Å²) in [6, 6.07) is 16.2. The fourth-order valence-electron chi connectivity index (χ4n) is 2.75. The summed E-state index contributed by atoms with van der Waals surface area (Å²) in [4.78, 5) is 11.5. The summed E-state index contributed by atoms with van der Waals surface area (Å²) in [6.45, 7) is 7.33. The maximum absolute atomic E-state index is 11.5. The second-order valence-electron chi connectivity index (χ2n) is 6.57. The van der Waals surface area contributed by atoms with Gasteiger partial charge in [-0.15, -0.1) is 0 Å². The first-order valence-corrected chi connectivity index (χ1v) is 7.39. The van der Waals surface area contributed by atoms with Crippen molar-refractivity contribution in [3.05, 3.63) is 48.0 Å². The molecule has 2 aromatic carbocycles. The molecule has 0 aliphatic rings. The molecule has 114 valence electrons. The zero-order valence-electron chi connectivity index (χ0n) is 13.5. The molecule has 0 aliphatic carbocycles. The number of carbonyl (C=O) groups excluding carboxylic acids is 1. The van der Waals surface area contributed by atoms with Crippen molar-refractivity contribution in [1.29, 1.82) is 5.26 Å². The van der Waals surface area contributed by atoms with Gasteiger partial charge in [0.05, 0.1) is 6.07 Å². The van der Waals surface area contributed by atoms with Crippen LogP contribution < -0.4 is 0 Å². The monoisotopic (exact) mass is 295 g/mol. The highest BCUT2D eigenvalue weighted by Gasteiger charge is 2.36. The standard InChI is InChI=1S/C19H21NO2/c1-13(21)22-18(19(2,3)4)17(12-20)16-11-7-9-14-8-5-6-10-15(14)16/h5-11,17-18H,1-4H3/t17-,18+/m1/s1. The molecule has 0 radical (unpaired) electrons. The minimum absolute atomic E-state index is 0.330. The normalized spacial score (nSPS) is 14.1. The summed E-state index contributed by atoms with van der Waals surface area (Å²) in [5.74, 6) is -0.865. The molecule has 2 rings (SSSR count). The van der Waals surface area contributed by atoms with E-state index in [1.165, 1.54) is 6.92 Å². The third-order valence-electron chi connectivity index (χ3n) is 3.75. The maximum atomic E-state index is 11.5. The number of nitrogens with zero attached hydrogens (tertiary/aromatic N) is 1. The molecule has 0 aromatic heterocycles. The Morgan fingerprint density at radius 3 is 2.36 bits per heavy atom. The lowest BCUT2D eigenvalue weighted by Crippen LogP contribution is -2.36. The molecule has 0 unspecified atom stereocenters. The van der Waals surface area contributed by atoms with Crippen LogP contribution in [-0.2, 0) is 9.53 Å². The predicted molar refractivity (Wildman–Crippen MR) is 87.3 cm³/mol. The molecule has 2 atom stereocenters. The van der Waals surface area contributed by atoms with Crippen LogP contribution in [0.2, 0.25) is 0 Å². The van der Waals surface area contributed by atoms with Crippen LogP contribution in [0.1, 0.15) is 39.2 Å². The van der Waals surface area contributed by atoms with Gasteiger partial charge in [0.15, 0.2) is 0 Å². The van der Waals surface area contributed by atoms with Gasteiger partial charge < -0.3 is 4.74 Å². The molecular formula is C19H21NO2. The Bertz CT molecular complexity index is 717. The molecule has 0 fully saturated rings. The molecule has 0 saturated heterocycles. The fourth-order valence-corrected chi connectivity index (χ4v) is 2.75. The second-order valence-corrected chi connectivity index (χ2v) is 6.57. The van der Waals surface area contributed by atoms with Crippen LogP contribution in [0, 0.1) is 16.7 Å². The summed E-state index contributed by atoms with van der Waals surface area (Å²) in [5.41, 5.74) is 0.574. The maximum Gasteiger partial charge on any atom is 0.302 e. The van der Waals surface area contributed by atoms with E-state index >= 15 is 0 Å². The van der Waals surface area contributed by atoms with Gasteiger partial charge in [0.25, 0.3) is 0 Å². The van der Waals surface area contributed by atoms with Crippen LogP contribution in [0.3, 0.4) is 0 Å². The van der Waals surface area contributed by atoms with E-state index in [4.69, 9.17) is 4.74 Å². The topological polar surface area (TPSA) is 50.1 Å². The molecule has 0 aliphatic heterocycles. The fraction of sp³-hybridized carbons (Fsp3) is 0.368. The first-order valence-electron chi connectivity index (χ1n) is 7.39. The molecule has 0 amide bonds. The summed E-state index contributed by atoms with van der Waals surface area (Å²) in [5, 5.41) is 11.8. The van der Waals surface area contributed by atoms with Crippen molar-refractivity contribution >= 4 is 16.7 Å². The Hall–Kier alpha value is -2.34. The van der Waals surface area contributed by atoms with Crippen LogP contribution in [0.4, 0.5) is 0 Å². The number of benzene rings is 2. The number of hydrogen-bond acceptors (Lipinski definition) is 3.